The van der Waals surface area contributed by atoms with Gasteiger partial charge in [0, 0.05) is 60.4 Å². The Labute approximate surface area is 504 Å². The number of rotatable bonds is 36. The molecule has 0 bridgehead atoms. The maximum atomic E-state index is 14.1. The number of carboxylic acid groups (broad SMARTS) is 1. The van der Waals surface area contributed by atoms with Gasteiger partial charge < -0.3 is 102 Å². The minimum Gasteiger partial charge on any atom is -0.481 e. The predicted octanol–water partition coefficient (Wildman–Crippen LogP) is -8.11. The highest BCUT2D eigenvalue weighted by Crippen LogP contribution is 2.22. The Kier molecular flexibility index (Phi) is 30.1. The fourth-order valence-electron chi connectivity index (χ4n) is 8.50. The second-order valence-electron chi connectivity index (χ2n) is 19.4. The van der Waals surface area contributed by atoms with Crippen molar-refractivity contribution in [2.24, 2.45) is 44.4 Å². The minimum absolute atomic E-state index is 0.0118. The van der Waals surface area contributed by atoms with E-state index in [9.17, 15) is 67.7 Å². The zero-order valence-corrected chi connectivity index (χ0v) is 49.1. The van der Waals surface area contributed by atoms with E-state index < -0.39 is 151 Å². The molecule has 24 N–H and O–H groups in total. The van der Waals surface area contributed by atoms with Crippen LogP contribution in [0.15, 0.2) is 40.4 Å². The van der Waals surface area contributed by atoms with Crippen LogP contribution in [-0.4, -0.2) is 213 Å². The number of aliphatic carboxylic acids is 1. The van der Waals surface area contributed by atoms with Gasteiger partial charge in [-0.3, -0.25) is 67.5 Å². The number of amides is 11. The molecule has 85 heavy (non-hydrogen) atoms. The van der Waals surface area contributed by atoms with Gasteiger partial charge in [0.05, 0.1) is 19.6 Å². The van der Waals surface area contributed by atoms with Gasteiger partial charge in [-0.25, -0.2) is 0 Å². The third-order valence-electron chi connectivity index (χ3n) is 13.0. The lowest BCUT2D eigenvalue weighted by molar-refractivity contribution is -0.146. The number of primary amides is 1. The number of aliphatic hydroxyl groups is 1. The van der Waals surface area contributed by atoms with Crippen LogP contribution in [0.4, 0.5) is 0 Å². The van der Waals surface area contributed by atoms with Gasteiger partial charge in [0.2, 0.25) is 65.0 Å². The number of nitrogens with zero attached hydrogens (tertiary/aromatic N) is 3. The summed E-state index contributed by atoms with van der Waals surface area (Å²) >= 11 is 12.3. The molecule has 470 valence electrons. The Bertz CT molecular complexity index is 2770. The van der Waals surface area contributed by atoms with Gasteiger partial charge in [0.15, 0.2) is 11.9 Å². The van der Waals surface area contributed by atoms with E-state index in [2.05, 4.69) is 101 Å². The van der Waals surface area contributed by atoms with Gasteiger partial charge in [-0.2, -0.15) is 37.9 Å². The molecular weight excluding hydrogens is 1170 g/mol. The van der Waals surface area contributed by atoms with E-state index in [0.717, 1.165) is 15.8 Å². The molecule has 1 fully saturated rings. The molecule has 2 aromatic rings. The molecule has 0 radical (unpaired) electrons. The van der Waals surface area contributed by atoms with Crippen LogP contribution in [0.2, 0.25) is 0 Å². The number of hydrogen-bond donors (Lipinski definition) is 21. The molecule has 2 heterocycles. The summed E-state index contributed by atoms with van der Waals surface area (Å²) in [5.74, 6) is -13.1. The van der Waals surface area contributed by atoms with E-state index in [1.807, 2.05) is 0 Å². The third kappa shape index (κ3) is 23.1. The number of carbonyl (C=O) groups excluding carboxylic acids is 11. The SMILES string of the molecule is C[C@H](NC(=O)[C@H](CS)NC(=O)[C@H](CCCN=C(N)N)NC(=O)[C@@H]1CCCN1C(=O)[C@H](CC(=O)O)NC(=O)[C@H](CO)NC(=O)[C@H](CS)NC(=O)[C@H](CS)NC(=O)CN)C(=O)N[C@@H](Cc1c[nH]c2ccccc12)C(=O)N[C@@H](CCCN=C(N)N)C(N)=O. The number of aliphatic hydroxyl groups excluding tert-OH is 1. The number of nitrogens with one attached hydrogen (secondary N) is 10. The lowest BCUT2D eigenvalue weighted by Crippen LogP contribution is -2.61. The van der Waals surface area contributed by atoms with Gasteiger partial charge in [0.1, 0.15) is 60.4 Å². The summed E-state index contributed by atoms with van der Waals surface area (Å²) in [5, 5.41) is 42.4. The van der Waals surface area contributed by atoms with Gasteiger partial charge in [-0.1, -0.05) is 18.2 Å². The standard InChI is InChI=1S/C49H77N19O14S3/c1-23(39(74)63-29(15-24-18-58-26-8-3-2-7-25(24)26)41(76)61-27(38(51)73)9-4-12-56-48(52)53)59-43(78)33(21-84)66-40(75)28(10-5-13-57-49(54)55)62-46(81)35-11-6-14-68(35)47(82)30(16-37(71)72)64-42(77)31(19-69)65-45(80)34(22-85)67-44(79)32(20-83)60-36(70)17-50/h2-3,7-8,18,23,27-35,58,69,83-85H,4-6,9-17,19-22,50H2,1H3,(H2,51,73)(H,59,78)(H,60,70)(H,61,76)(H,62,81)(H,63,74)(H,64,77)(H,65,80)(H,66,75)(H,67,79)(H,71,72)(H4,52,53,56)(H4,54,55,57)/t23-,27-,28-,29-,30-,31-,32-,33-,34-,35-/m0/s1. The van der Waals surface area contributed by atoms with Crippen molar-refractivity contribution in [3.8, 4) is 0 Å². The second-order valence-corrected chi connectivity index (χ2v) is 20.5. The van der Waals surface area contributed by atoms with Crippen LogP contribution >= 0.6 is 37.9 Å². The number of carbonyl (C=O) groups is 12. The molecule has 1 saturated heterocycles. The van der Waals surface area contributed by atoms with E-state index >= 15 is 0 Å². The average molecular weight is 1250 g/mol. The zero-order chi connectivity index (χ0) is 63.5. The zero-order valence-electron chi connectivity index (χ0n) is 46.4. The van der Waals surface area contributed by atoms with E-state index in [-0.39, 0.29) is 93.8 Å². The van der Waals surface area contributed by atoms with Crippen molar-refractivity contribution in [3.05, 3.63) is 36.0 Å². The molecule has 1 aromatic heterocycles. The number of aromatic nitrogens is 1. The van der Waals surface area contributed by atoms with Crippen LogP contribution in [-0.2, 0) is 64.0 Å². The number of aromatic amines is 1. The quantitative estimate of drug-likeness (QED) is 0.0130. The molecule has 11 amide bonds. The highest BCUT2D eigenvalue weighted by atomic mass is 32.1. The Hall–Kier alpha value is -8.09. The van der Waals surface area contributed by atoms with Crippen molar-refractivity contribution in [2.75, 3.05) is 50.0 Å². The fraction of sp³-hybridized carbons (Fsp3) is 0.551. The van der Waals surface area contributed by atoms with E-state index in [1.165, 1.54) is 6.92 Å². The summed E-state index contributed by atoms with van der Waals surface area (Å²) in [6.07, 6.45) is 0.915. The monoisotopic (exact) mass is 1250 g/mol. The minimum atomic E-state index is -1.89. The first-order chi connectivity index (χ1) is 40.3. The smallest absolute Gasteiger partial charge is 0.305 e. The van der Waals surface area contributed by atoms with Gasteiger partial charge in [0.25, 0.3) is 0 Å². The predicted molar refractivity (Wildman–Crippen MR) is 319 cm³/mol. The van der Waals surface area contributed by atoms with Crippen molar-refractivity contribution in [1.29, 1.82) is 0 Å². The molecular formula is C49H77N19O14S3. The molecule has 36 heteroatoms. The largest absolute Gasteiger partial charge is 0.481 e. The van der Waals surface area contributed by atoms with Gasteiger partial charge >= 0.3 is 5.97 Å². The first-order valence-corrected chi connectivity index (χ1v) is 28.5. The van der Waals surface area contributed by atoms with E-state index in [1.54, 1.807) is 30.5 Å². The molecule has 0 aliphatic carbocycles. The van der Waals surface area contributed by atoms with Crippen molar-refractivity contribution in [2.45, 2.75) is 119 Å². The third-order valence-corrected chi connectivity index (χ3v) is 14.1. The van der Waals surface area contributed by atoms with Crippen molar-refractivity contribution in [1.82, 2.24) is 57.7 Å². The molecule has 3 rings (SSSR count). The van der Waals surface area contributed by atoms with Crippen LogP contribution in [0.25, 0.3) is 10.9 Å². The number of para-hydroxylation sites is 1. The molecule has 0 unspecified atom stereocenters. The summed E-state index contributed by atoms with van der Waals surface area (Å²) < 4.78 is 0. The van der Waals surface area contributed by atoms with Crippen LogP contribution in [0.1, 0.15) is 57.4 Å². The maximum absolute atomic E-state index is 14.1. The fourth-order valence-corrected chi connectivity index (χ4v) is 9.28. The summed E-state index contributed by atoms with van der Waals surface area (Å²) in [5.41, 5.74) is 34.0. The van der Waals surface area contributed by atoms with Crippen molar-refractivity contribution >= 4 is 132 Å². The molecule has 0 spiro atoms. The van der Waals surface area contributed by atoms with Crippen molar-refractivity contribution in [3.63, 3.8) is 0 Å². The van der Waals surface area contributed by atoms with Gasteiger partial charge in [-0.05, 0) is 57.1 Å². The average Bonchev–Trinajstić information content (AvgIpc) is 3.78. The molecule has 1 aliphatic rings. The molecule has 1 aliphatic heterocycles. The normalized spacial score (nSPS) is 15.9. The van der Waals surface area contributed by atoms with Gasteiger partial charge in [-0.15, -0.1) is 0 Å². The lowest BCUT2D eigenvalue weighted by atomic mass is 10.0. The van der Waals surface area contributed by atoms with Crippen LogP contribution in [0, 0.1) is 0 Å². The lowest BCUT2D eigenvalue weighted by Gasteiger charge is -2.30. The Morgan fingerprint density at radius 1 is 0.635 bits per heavy atom. The Morgan fingerprint density at radius 2 is 1.12 bits per heavy atom. The summed E-state index contributed by atoms with van der Waals surface area (Å²) in [6, 6.07) is -7.40. The number of hydrogen-bond acceptors (Lipinski definition) is 19. The molecule has 1 aromatic carbocycles. The number of H-pyrrole nitrogens is 1. The van der Waals surface area contributed by atoms with Crippen LogP contribution in [0.5, 0.6) is 0 Å². The van der Waals surface area contributed by atoms with Crippen LogP contribution in [0.3, 0.4) is 0 Å². The number of thiol groups is 3. The highest BCUT2D eigenvalue weighted by Gasteiger charge is 2.41. The van der Waals surface area contributed by atoms with Crippen molar-refractivity contribution < 1.29 is 67.7 Å². The Morgan fingerprint density at radius 3 is 1.66 bits per heavy atom. The molecule has 0 saturated carbocycles. The number of nitrogens with two attached hydrogens (primary N) is 6. The number of benzene rings is 1. The number of guanidine groups is 2. The summed E-state index contributed by atoms with van der Waals surface area (Å²) in [4.78, 5) is 171. The van der Waals surface area contributed by atoms with Crippen LogP contribution < -0.4 is 82.3 Å². The number of likely N-dealkylation sites (tertiary alicyclic amines) is 1. The molecule has 33 nitrogen and oxygen atoms in total. The number of aliphatic imine (C=N–C) groups is 2. The van der Waals surface area contributed by atoms with E-state index in [0.29, 0.717) is 5.56 Å². The first kappa shape index (κ1) is 71.2. The topological polar surface area (TPSA) is 553 Å². The number of fused-ring (bicyclic) bond motifs is 1. The molecule has 10 atom stereocenters. The highest BCUT2D eigenvalue weighted by molar-refractivity contribution is 7.80. The number of carboxylic acids is 1. The second kappa shape index (κ2) is 35.9. The first-order valence-electron chi connectivity index (χ1n) is 26.6. The Balaban J connectivity index is 1.78. The van der Waals surface area contributed by atoms with E-state index in [4.69, 9.17) is 34.4 Å². The summed E-state index contributed by atoms with van der Waals surface area (Å²) in [6.45, 7) is -0.260. The maximum Gasteiger partial charge on any atom is 0.305 e. The summed E-state index contributed by atoms with van der Waals surface area (Å²) in [7, 11) is 0.